The molecule has 0 bridgehead atoms. The van der Waals surface area contributed by atoms with Gasteiger partial charge in [-0.25, -0.2) is 8.42 Å². The average Bonchev–Trinajstić information content (AvgIpc) is 2.52. The SMILES string of the molecule is N#CC1(Nc2ccccc2)CCS(=O)(=O)c2ccccc21. The molecule has 1 unspecified atom stereocenters. The standard InChI is InChI=1S/C16H14N2O2S/c17-12-16(18-13-6-2-1-3-7-13)10-11-21(19,20)15-9-5-4-8-14(15)16/h1-9,18H,10-11H2. The normalized spacial score (nSPS) is 22.8. The molecule has 21 heavy (non-hydrogen) atoms. The Morgan fingerprint density at radius 3 is 2.43 bits per heavy atom. The Bertz CT molecular complexity index is 810. The molecule has 0 radical (unpaired) electrons. The van der Waals surface area contributed by atoms with E-state index in [1.807, 2.05) is 30.3 Å². The summed E-state index contributed by atoms with van der Waals surface area (Å²) >= 11 is 0. The summed E-state index contributed by atoms with van der Waals surface area (Å²) in [5.41, 5.74) is 0.319. The molecular formula is C16H14N2O2S. The predicted octanol–water partition coefficient (Wildman–Crippen LogP) is 2.69. The van der Waals surface area contributed by atoms with Crippen molar-refractivity contribution in [2.45, 2.75) is 16.9 Å². The number of nitrogens with zero attached hydrogens (tertiary/aromatic N) is 1. The van der Waals surface area contributed by atoms with Crippen LogP contribution in [-0.2, 0) is 15.4 Å². The van der Waals surface area contributed by atoms with Gasteiger partial charge >= 0.3 is 0 Å². The lowest BCUT2D eigenvalue weighted by molar-refractivity contribution is 0.538. The Morgan fingerprint density at radius 2 is 1.71 bits per heavy atom. The van der Waals surface area contributed by atoms with E-state index in [1.165, 1.54) is 0 Å². The highest BCUT2D eigenvalue weighted by molar-refractivity contribution is 7.91. The number of sulfone groups is 1. The third kappa shape index (κ3) is 2.28. The Balaban J connectivity index is 2.14. The lowest BCUT2D eigenvalue weighted by atomic mass is 9.87. The van der Waals surface area contributed by atoms with Gasteiger partial charge in [0.05, 0.1) is 16.7 Å². The fourth-order valence-electron chi connectivity index (χ4n) is 2.66. The van der Waals surface area contributed by atoms with Crippen LogP contribution in [0.15, 0.2) is 59.5 Å². The maximum absolute atomic E-state index is 12.2. The Morgan fingerprint density at radius 1 is 1.05 bits per heavy atom. The number of para-hydroxylation sites is 1. The smallest absolute Gasteiger partial charge is 0.178 e. The van der Waals surface area contributed by atoms with Gasteiger partial charge in [-0.2, -0.15) is 5.26 Å². The number of nitrogens with one attached hydrogen (secondary N) is 1. The van der Waals surface area contributed by atoms with E-state index >= 15 is 0 Å². The first-order valence-electron chi connectivity index (χ1n) is 6.64. The fourth-order valence-corrected chi connectivity index (χ4v) is 4.32. The first-order valence-corrected chi connectivity index (χ1v) is 8.29. The molecule has 106 valence electrons. The maximum atomic E-state index is 12.2. The first-order chi connectivity index (χ1) is 10.1. The molecule has 1 atom stereocenters. The van der Waals surface area contributed by atoms with Gasteiger partial charge in [0.25, 0.3) is 0 Å². The van der Waals surface area contributed by atoms with Gasteiger partial charge in [-0.05, 0) is 18.2 Å². The Hall–Kier alpha value is -2.32. The molecule has 0 saturated heterocycles. The molecule has 0 aromatic heterocycles. The van der Waals surface area contributed by atoms with E-state index in [4.69, 9.17) is 0 Å². The minimum absolute atomic E-state index is 0.0304. The van der Waals surface area contributed by atoms with E-state index < -0.39 is 15.4 Å². The first kappa shape index (κ1) is 13.7. The third-order valence-electron chi connectivity index (χ3n) is 3.75. The number of anilines is 1. The summed E-state index contributed by atoms with van der Waals surface area (Å²) in [5, 5.41) is 12.9. The Kier molecular flexibility index (Phi) is 3.19. The quantitative estimate of drug-likeness (QED) is 0.925. The molecule has 2 aromatic rings. The van der Waals surface area contributed by atoms with Crippen LogP contribution in [-0.4, -0.2) is 14.2 Å². The number of nitriles is 1. The van der Waals surface area contributed by atoms with E-state index in [-0.39, 0.29) is 17.1 Å². The summed E-state index contributed by atoms with van der Waals surface area (Å²) in [7, 11) is -3.31. The van der Waals surface area contributed by atoms with Crippen LogP contribution in [0.5, 0.6) is 0 Å². The van der Waals surface area contributed by atoms with Crippen molar-refractivity contribution in [3.63, 3.8) is 0 Å². The lowest BCUT2D eigenvalue weighted by Gasteiger charge is -2.34. The number of fused-ring (bicyclic) bond motifs is 1. The van der Waals surface area contributed by atoms with E-state index in [9.17, 15) is 13.7 Å². The van der Waals surface area contributed by atoms with Gasteiger partial charge in [-0.3, -0.25) is 0 Å². The van der Waals surface area contributed by atoms with Crippen LogP contribution in [0.3, 0.4) is 0 Å². The molecule has 2 aromatic carbocycles. The second-order valence-electron chi connectivity index (χ2n) is 5.07. The number of hydrogen-bond acceptors (Lipinski definition) is 4. The summed E-state index contributed by atoms with van der Waals surface area (Å²) in [6, 6.07) is 18.4. The largest absolute Gasteiger partial charge is 0.364 e. The fraction of sp³-hybridized carbons (Fsp3) is 0.188. The summed E-state index contributed by atoms with van der Waals surface area (Å²) in [5.74, 6) is -0.0304. The highest BCUT2D eigenvalue weighted by Gasteiger charge is 2.42. The molecule has 0 fully saturated rings. The minimum Gasteiger partial charge on any atom is -0.364 e. The zero-order chi connectivity index (χ0) is 14.9. The number of rotatable bonds is 2. The Labute approximate surface area is 124 Å². The summed E-state index contributed by atoms with van der Waals surface area (Å²) < 4.78 is 24.4. The lowest BCUT2D eigenvalue weighted by Crippen LogP contribution is -2.40. The molecule has 5 heteroatoms. The van der Waals surface area contributed by atoms with Crippen molar-refractivity contribution >= 4 is 15.5 Å². The third-order valence-corrected chi connectivity index (χ3v) is 5.52. The maximum Gasteiger partial charge on any atom is 0.178 e. The van der Waals surface area contributed by atoms with Crippen molar-refractivity contribution in [1.82, 2.24) is 0 Å². The summed E-state index contributed by atoms with van der Waals surface area (Å²) in [6.45, 7) is 0. The van der Waals surface area contributed by atoms with Crippen molar-refractivity contribution in [3.8, 4) is 6.07 Å². The van der Waals surface area contributed by atoms with Gasteiger partial charge in [0.2, 0.25) is 0 Å². The molecule has 3 rings (SSSR count). The van der Waals surface area contributed by atoms with Crippen molar-refractivity contribution in [2.75, 3.05) is 11.1 Å². The van der Waals surface area contributed by atoms with Crippen LogP contribution in [0.4, 0.5) is 5.69 Å². The van der Waals surface area contributed by atoms with Crippen LogP contribution >= 0.6 is 0 Å². The minimum atomic E-state index is -3.31. The van der Waals surface area contributed by atoms with Crippen molar-refractivity contribution in [2.24, 2.45) is 0 Å². The molecule has 4 nitrogen and oxygen atoms in total. The van der Waals surface area contributed by atoms with Gasteiger partial charge in [-0.15, -0.1) is 0 Å². The second kappa shape index (κ2) is 4.90. The molecule has 0 spiro atoms. The number of hydrogen-bond donors (Lipinski definition) is 1. The topological polar surface area (TPSA) is 70.0 Å². The van der Waals surface area contributed by atoms with Gasteiger partial charge < -0.3 is 5.32 Å². The van der Waals surface area contributed by atoms with Crippen LogP contribution in [0.1, 0.15) is 12.0 Å². The molecular weight excluding hydrogens is 284 g/mol. The molecule has 0 amide bonds. The number of benzene rings is 2. The monoisotopic (exact) mass is 298 g/mol. The highest BCUT2D eigenvalue weighted by atomic mass is 32.2. The summed E-state index contributed by atoms with van der Waals surface area (Å²) in [4.78, 5) is 0.251. The summed E-state index contributed by atoms with van der Waals surface area (Å²) in [6.07, 6.45) is 0.234. The van der Waals surface area contributed by atoms with Crippen LogP contribution in [0.2, 0.25) is 0 Å². The van der Waals surface area contributed by atoms with Crippen LogP contribution in [0.25, 0.3) is 0 Å². The van der Waals surface area contributed by atoms with E-state index in [1.54, 1.807) is 24.3 Å². The highest BCUT2D eigenvalue weighted by Crippen LogP contribution is 2.38. The van der Waals surface area contributed by atoms with Crippen molar-refractivity contribution in [3.05, 3.63) is 60.2 Å². The average molecular weight is 298 g/mol. The second-order valence-corrected chi connectivity index (χ2v) is 7.15. The molecule has 1 heterocycles. The molecule has 1 aliphatic heterocycles. The zero-order valence-corrected chi connectivity index (χ0v) is 12.1. The van der Waals surface area contributed by atoms with Crippen molar-refractivity contribution in [1.29, 1.82) is 5.26 Å². The van der Waals surface area contributed by atoms with Gasteiger partial charge in [0, 0.05) is 17.7 Å². The zero-order valence-electron chi connectivity index (χ0n) is 11.3. The van der Waals surface area contributed by atoms with Gasteiger partial charge in [-0.1, -0.05) is 36.4 Å². The van der Waals surface area contributed by atoms with Gasteiger partial charge in [0.1, 0.15) is 0 Å². The predicted molar refractivity (Wildman–Crippen MR) is 80.5 cm³/mol. The van der Waals surface area contributed by atoms with E-state index in [0.717, 1.165) is 5.69 Å². The molecule has 1 aliphatic rings. The van der Waals surface area contributed by atoms with Gasteiger partial charge in [0.15, 0.2) is 15.4 Å². The van der Waals surface area contributed by atoms with Crippen LogP contribution in [0, 0.1) is 11.3 Å². The van der Waals surface area contributed by atoms with Crippen LogP contribution < -0.4 is 5.32 Å². The molecule has 0 aliphatic carbocycles. The molecule has 1 N–H and O–H groups in total. The van der Waals surface area contributed by atoms with E-state index in [0.29, 0.717) is 5.56 Å². The van der Waals surface area contributed by atoms with E-state index in [2.05, 4.69) is 11.4 Å². The molecule has 0 saturated carbocycles. The van der Waals surface area contributed by atoms with Crippen molar-refractivity contribution < 1.29 is 8.42 Å².